The van der Waals surface area contributed by atoms with Gasteiger partial charge in [-0.05, 0) is 31.5 Å². The van der Waals surface area contributed by atoms with Gasteiger partial charge in [0.1, 0.15) is 0 Å². The van der Waals surface area contributed by atoms with Gasteiger partial charge >= 0.3 is 0 Å². The number of halogens is 1. The molecule has 0 amide bonds. The predicted octanol–water partition coefficient (Wildman–Crippen LogP) is 2.28. The second kappa shape index (κ2) is 6.23. The molecule has 1 saturated heterocycles. The molecule has 104 valence electrons. The fourth-order valence-corrected chi connectivity index (χ4v) is 2.50. The molecule has 1 unspecified atom stereocenters. The number of nitrogens with zero attached hydrogens (tertiary/aromatic N) is 2. The van der Waals surface area contributed by atoms with Crippen molar-refractivity contribution >= 4 is 12.4 Å². The first-order valence-corrected chi connectivity index (χ1v) is 6.30. The fraction of sp³-hybridized carbons (Fsp3) is 0.462. The summed E-state index contributed by atoms with van der Waals surface area (Å²) in [6.07, 6.45) is 4.02. The minimum absolute atomic E-state index is 0. The third-order valence-corrected chi connectivity index (χ3v) is 3.46. The zero-order valence-corrected chi connectivity index (χ0v) is 11.4. The summed E-state index contributed by atoms with van der Waals surface area (Å²) in [6.45, 7) is 2.60. The number of likely N-dealkylation sites (tertiary alicyclic amines) is 1. The van der Waals surface area contributed by atoms with Gasteiger partial charge in [0.25, 0.3) is 0 Å². The van der Waals surface area contributed by atoms with Crippen molar-refractivity contribution in [2.24, 2.45) is 5.73 Å². The van der Waals surface area contributed by atoms with E-state index in [1.807, 2.05) is 18.2 Å². The van der Waals surface area contributed by atoms with E-state index in [9.17, 15) is 0 Å². The van der Waals surface area contributed by atoms with Crippen LogP contribution >= 0.6 is 12.4 Å². The van der Waals surface area contributed by atoms with Gasteiger partial charge in [0.2, 0.25) is 5.76 Å². The lowest BCUT2D eigenvalue weighted by molar-refractivity contribution is 0.242. The molecule has 0 aromatic carbocycles. The van der Waals surface area contributed by atoms with Crippen molar-refractivity contribution in [1.82, 2.24) is 10.1 Å². The van der Waals surface area contributed by atoms with Crippen molar-refractivity contribution in [2.45, 2.75) is 25.4 Å². The molecule has 0 bridgehead atoms. The van der Waals surface area contributed by atoms with Crippen LogP contribution in [0.1, 0.15) is 18.5 Å². The van der Waals surface area contributed by atoms with Gasteiger partial charge in [0, 0.05) is 25.2 Å². The third kappa shape index (κ3) is 3.00. The van der Waals surface area contributed by atoms with Crippen LogP contribution in [0.3, 0.4) is 0 Å². The van der Waals surface area contributed by atoms with Gasteiger partial charge in [0.05, 0.1) is 12.0 Å². The average Bonchev–Trinajstić information content (AvgIpc) is 3.10. The summed E-state index contributed by atoms with van der Waals surface area (Å²) in [5.41, 5.74) is 6.69. The van der Waals surface area contributed by atoms with E-state index in [4.69, 9.17) is 14.7 Å². The second-order valence-electron chi connectivity index (χ2n) is 4.66. The smallest absolute Gasteiger partial charge is 0.202 e. The number of nitrogens with two attached hydrogens (primary N) is 1. The first kappa shape index (κ1) is 14.1. The van der Waals surface area contributed by atoms with E-state index in [1.165, 1.54) is 12.8 Å². The molecule has 3 heterocycles. The predicted molar refractivity (Wildman–Crippen MR) is 73.9 cm³/mol. The molecule has 2 aromatic rings. The molecule has 0 radical (unpaired) electrons. The highest BCUT2D eigenvalue weighted by Crippen LogP contribution is 2.23. The Morgan fingerprint density at radius 3 is 3.05 bits per heavy atom. The molecule has 1 aliphatic heterocycles. The lowest BCUT2D eigenvalue weighted by atomic mass is 10.2. The van der Waals surface area contributed by atoms with E-state index in [0.29, 0.717) is 24.1 Å². The second-order valence-corrected chi connectivity index (χ2v) is 4.66. The van der Waals surface area contributed by atoms with Crippen LogP contribution in [-0.2, 0) is 6.54 Å². The SMILES string of the molecule is Cl.NCC1CCCN1Cc1cc(-c2ccco2)on1. The zero-order valence-electron chi connectivity index (χ0n) is 10.6. The number of furan rings is 1. The van der Waals surface area contributed by atoms with Crippen LogP contribution in [0.2, 0.25) is 0 Å². The largest absolute Gasteiger partial charge is 0.461 e. The van der Waals surface area contributed by atoms with Crippen molar-refractivity contribution in [3.05, 3.63) is 30.2 Å². The Hall–Kier alpha value is -1.30. The van der Waals surface area contributed by atoms with E-state index in [2.05, 4.69) is 10.1 Å². The van der Waals surface area contributed by atoms with Crippen LogP contribution < -0.4 is 5.73 Å². The summed E-state index contributed by atoms with van der Waals surface area (Å²) in [6, 6.07) is 6.12. The van der Waals surface area contributed by atoms with E-state index >= 15 is 0 Å². The van der Waals surface area contributed by atoms with Crippen LogP contribution in [0.5, 0.6) is 0 Å². The lowest BCUT2D eigenvalue weighted by Crippen LogP contribution is -2.34. The maximum Gasteiger partial charge on any atom is 0.202 e. The topological polar surface area (TPSA) is 68.4 Å². The molecule has 0 saturated carbocycles. The Balaban J connectivity index is 0.00000133. The Morgan fingerprint density at radius 1 is 1.42 bits per heavy atom. The first-order chi connectivity index (χ1) is 8.86. The van der Waals surface area contributed by atoms with Crippen molar-refractivity contribution < 1.29 is 8.94 Å². The van der Waals surface area contributed by atoms with Crippen molar-refractivity contribution in [3.8, 4) is 11.5 Å². The normalized spacial score (nSPS) is 19.5. The minimum atomic E-state index is 0. The number of aromatic nitrogens is 1. The summed E-state index contributed by atoms with van der Waals surface area (Å²) in [5.74, 6) is 1.39. The van der Waals surface area contributed by atoms with E-state index in [1.54, 1.807) is 6.26 Å². The Kier molecular flexibility index (Phi) is 4.63. The molecule has 6 heteroatoms. The van der Waals surface area contributed by atoms with Gasteiger partial charge < -0.3 is 14.7 Å². The molecule has 3 rings (SSSR count). The van der Waals surface area contributed by atoms with Gasteiger partial charge in [-0.1, -0.05) is 5.16 Å². The molecule has 19 heavy (non-hydrogen) atoms. The maximum atomic E-state index is 5.76. The monoisotopic (exact) mass is 283 g/mol. The Bertz CT molecular complexity index is 498. The minimum Gasteiger partial charge on any atom is -0.461 e. The van der Waals surface area contributed by atoms with Crippen molar-refractivity contribution in [2.75, 3.05) is 13.1 Å². The standard InChI is InChI=1S/C13H17N3O2.ClH/c14-8-11-3-1-5-16(11)9-10-7-13(18-15-10)12-4-2-6-17-12;/h2,4,6-7,11H,1,3,5,8-9,14H2;1H. The summed E-state index contributed by atoms with van der Waals surface area (Å²) >= 11 is 0. The Labute approximate surface area is 118 Å². The molecule has 1 aliphatic rings. The maximum absolute atomic E-state index is 5.76. The summed E-state index contributed by atoms with van der Waals surface area (Å²) in [4.78, 5) is 2.36. The van der Waals surface area contributed by atoms with Crippen LogP contribution in [0.25, 0.3) is 11.5 Å². The molecule has 0 spiro atoms. The van der Waals surface area contributed by atoms with Crippen LogP contribution in [0, 0.1) is 0 Å². The van der Waals surface area contributed by atoms with Crippen LogP contribution in [-0.4, -0.2) is 29.2 Å². The van der Waals surface area contributed by atoms with Crippen LogP contribution in [0.4, 0.5) is 0 Å². The summed E-state index contributed by atoms with van der Waals surface area (Å²) in [7, 11) is 0. The summed E-state index contributed by atoms with van der Waals surface area (Å²) in [5, 5.41) is 4.09. The quantitative estimate of drug-likeness (QED) is 0.932. The molecular weight excluding hydrogens is 266 g/mol. The molecule has 0 aliphatic carbocycles. The van der Waals surface area contributed by atoms with E-state index in [-0.39, 0.29) is 12.4 Å². The molecule has 1 fully saturated rings. The van der Waals surface area contributed by atoms with Gasteiger partial charge in [-0.2, -0.15) is 0 Å². The number of hydrogen-bond acceptors (Lipinski definition) is 5. The molecule has 2 aromatic heterocycles. The van der Waals surface area contributed by atoms with Gasteiger partial charge in [-0.15, -0.1) is 12.4 Å². The zero-order chi connectivity index (χ0) is 12.4. The van der Waals surface area contributed by atoms with Crippen LogP contribution in [0.15, 0.2) is 33.4 Å². The number of hydrogen-bond donors (Lipinski definition) is 1. The molecule has 2 N–H and O–H groups in total. The molecule has 1 atom stereocenters. The Morgan fingerprint density at radius 2 is 2.32 bits per heavy atom. The van der Waals surface area contributed by atoms with E-state index in [0.717, 1.165) is 18.8 Å². The number of rotatable bonds is 4. The fourth-order valence-electron chi connectivity index (χ4n) is 2.50. The summed E-state index contributed by atoms with van der Waals surface area (Å²) < 4.78 is 10.6. The van der Waals surface area contributed by atoms with Crippen molar-refractivity contribution in [3.63, 3.8) is 0 Å². The van der Waals surface area contributed by atoms with E-state index < -0.39 is 0 Å². The van der Waals surface area contributed by atoms with Gasteiger partial charge in [0.15, 0.2) is 5.76 Å². The molecular formula is C13H18ClN3O2. The average molecular weight is 284 g/mol. The highest BCUT2D eigenvalue weighted by molar-refractivity contribution is 5.85. The third-order valence-electron chi connectivity index (χ3n) is 3.46. The molecule has 5 nitrogen and oxygen atoms in total. The lowest BCUT2D eigenvalue weighted by Gasteiger charge is -2.21. The first-order valence-electron chi connectivity index (χ1n) is 6.30. The highest BCUT2D eigenvalue weighted by atomic mass is 35.5. The van der Waals surface area contributed by atoms with Crippen molar-refractivity contribution in [1.29, 1.82) is 0 Å². The highest BCUT2D eigenvalue weighted by Gasteiger charge is 2.24. The van der Waals surface area contributed by atoms with Gasteiger partial charge in [-0.3, -0.25) is 4.90 Å². The van der Waals surface area contributed by atoms with Gasteiger partial charge in [-0.25, -0.2) is 0 Å².